The standard InChI is InChI=1S/C8H10FNS/c1-10-11-6-7-3-2-4-8(9)5-7/h2-5,10H,6H2,1H3. The lowest BCUT2D eigenvalue weighted by Gasteiger charge is -1.98. The average molecular weight is 171 g/mol. The maximum atomic E-state index is 12.6. The van der Waals surface area contributed by atoms with Crippen molar-refractivity contribution in [2.75, 3.05) is 7.05 Å². The van der Waals surface area contributed by atoms with Crippen molar-refractivity contribution >= 4 is 11.9 Å². The summed E-state index contributed by atoms with van der Waals surface area (Å²) in [5.41, 5.74) is 1.00. The Morgan fingerprint density at radius 2 is 2.36 bits per heavy atom. The second-order valence-electron chi connectivity index (χ2n) is 2.12. The van der Waals surface area contributed by atoms with Crippen molar-refractivity contribution in [3.63, 3.8) is 0 Å². The summed E-state index contributed by atoms with van der Waals surface area (Å²) < 4.78 is 15.5. The monoisotopic (exact) mass is 171 g/mol. The van der Waals surface area contributed by atoms with Crippen molar-refractivity contribution in [2.45, 2.75) is 5.75 Å². The van der Waals surface area contributed by atoms with Crippen molar-refractivity contribution in [1.82, 2.24) is 4.72 Å². The third kappa shape index (κ3) is 2.91. The van der Waals surface area contributed by atoms with Crippen LogP contribution in [0.25, 0.3) is 0 Å². The summed E-state index contributed by atoms with van der Waals surface area (Å²) in [6, 6.07) is 6.63. The molecular formula is C8H10FNS. The number of rotatable bonds is 3. The lowest BCUT2D eigenvalue weighted by atomic mass is 10.2. The molecule has 0 unspecified atom stereocenters. The van der Waals surface area contributed by atoms with Crippen LogP contribution in [-0.4, -0.2) is 7.05 Å². The van der Waals surface area contributed by atoms with Gasteiger partial charge in [-0.15, -0.1) is 0 Å². The molecule has 0 fully saturated rings. The molecule has 0 aliphatic carbocycles. The zero-order chi connectivity index (χ0) is 8.10. The molecule has 1 rings (SSSR count). The van der Waals surface area contributed by atoms with Crippen molar-refractivity contribution in [2.24, 2.45) is 0 Å². The van der Waals surface area contributed by atoms with E-state index in [9.17, 15) is 4.39 Å². The van der Waals surface area contributed by atoms with E-state index >= 15 is 0 Å². The zero-order valence-corrected chi connectivity index (χ0v) is 7.12. The summed E-state index contributed by atoms with van der Waals surface area (Å²) in [7, 11) is 1.85. The molecule has 0 aliphatic heterocycles. The van der Waals surface area contributed by atoms with E-state index in [0.717, 1.165) is 11.3 Å². The van der Waals surface area contributed by atoms with E-state index in [1.54, 1.807) is 24.1 Å². The summed E-state index contributed by atoms with van der Waals surface area (Å²) in [4.78, 5) is 0. The second kappa shape index (κ2) is 4.36. The molecule has 0 saturated carbocycles. The predicted molar refractivity (Wildman–Crippen MR) is 46.8 cm³/mol. The van der Waals surface area contributed by atoms with Gasteiger partial charge in [0.2, 0.25) is 0 Å². The molecule has 0 radical (unpaired) electrons. The van der Waals surface area contributed by atoms with E-state index in [1.165, 1.54) is 6.07 Å². The molecule has 1 nitrogen and oxygen atoms in total. The van der Waals surface area contributed by atoms with Gasteiger partial charge in [-0.2, -0.15) is 0 Å². The fourth-order valence-electron chi connectivity index (χ4n) is 0.782. The van der Waals surface area contributed by atoms with Crippen LogP contribution in [0.3, 0.4) is 0 Å². The molecule has 1 aromatic carbocycles. The maximum absolute atomic E-state index is 12.6. The van der Waals surface area contributed by atoms with Crippen molar-refractivity contribution < 1.29 is 4.39 Å². The number of halogens is 1. The average Bonchev–Trinajstić information content (AvgIpc) is 2.01. The maximum Gasteiger partial charge on any atom is 0.123 e. The Labute approximate surface area is 70.1 Å². The van der Waals surface area contributed by atoms with Gasteiger partial charge in [0.05, 0.1) is 0 Å². The van der Waals surface area contributed by atoms with Gasteiger partial charge in [0.15, 0.2) is 0 Å². The highest BCUT2D eigenvalue weighted by Gasteiger charge is 1.93. The molecule has 1 N–H and O–H groups in total. The Morgan fingerprint density at radius 1 is 1.55 bits per heavy atom. The molecule has 0 atom stereocenters. The number of nitrogens with one attached hydrogen (secondary N) is 1. The molecule has 11 heavy (non-hydrogen) atoms. The van der Waals surface area contributed by atoms with Gasteiger partial charge < -0.3 is 0 Å². The van der Waals surface area contributed by atoms with Crippen molar-refractivity contribution in [3.05, 3.63) is 35.6 Å². The summed E-state index contributed by atoms with van der Waals surface area (Å²) in [5.74, 6) is 0.632. The van der Waals surface area contributed by atoms with Gasteiger partial charge >= 0.3 is 0 Å². The first kappa shape index (κ1) is 8.56. The van der Waals surface area contributed by atoms with Gasteiger partial charge in [0.25, 0.3) is 0 Å². The molecule has 60 valence electrons. The highest BCUT2D eigenvalue weighted by molar-refractivity contribution is 7.96. The smallest absolute Gasteiger partial charge is 0.123 e. The van der Waals surface area contributed by atoms with Gasteiger partial charge in [-0.05, 0) is 24.7 Å². The Kier molecular flexibility index (Phi) is 3.39. The SMILES string of the molecule is CNSCc1cccc(F)c1. The Bertz CT molecular complexity index is 227. The van der Waals surface area contributed by atoms with Gasteiger partial charge in [-0.1, -0.05) is 24.1 Å². The molecule has 0 bridgehead atoms. The topological polar surface area (TPSA) is 12.0 Å². The molecule has 0 heterocycles. The van der Waals surface area contributed by atoms with E-state index in [0.29, 0.717) is 0 Å². The van der Waals surface area contributed by atoms with Crippen LogP contribution in [0.1, 0.15) is 5.56 Å². The lowest BCUT2D eigenvalue weighted by molar-refractivity contribution is 0.626. The Hall–Kier alpha value is -0.540. The third-order valence-corrected chi connectivity index (χ3v) is 2.04. The first-order valence-corrected chi connectivity index (χ1v) is 4.34. The largest absolute Gasteiger partial charge is 0.267 e. The van der Waals surface area contributed by atoms with Crippen LogP contribution in [0.5, 0.6) is 0 Å². The van der Waals surface area contributed by atoms with E-state index in [4.69, 9.17) is 0 Å². The first-order valence-electron chi connectivity index (χ1n) is 3.36. The summed E-state index contributed by atoms with van der Waals surface area (Å²) in [6.45, 7) is 0. The van der Waals surface area contributed by atoms with Gasteiger partial charge in [-0.3, -0.25) is 4.72 Å². The minimum atomic E-state index is -0.167. The van der Waals surface area contributed by atoms with Crippen LogP contribution in [-0.2, 0) is 5.75 Å². The second-order valence-corrected chi connectivity index (χ2v) is 3.11. The summed E-state index contributed by atoms with van der Waals surface area (Å²) in [6.07, 6.45) is 0. The molecule has 0 aliphatic rings. The molecule has 3 heteroatoms. The minimum Gasteiger partial charge on any atom is -0.267 e. The molecule has 0 saturated heterocycles. The van der Waals surface area contributed by atoms with Gasteiger partial charge in [0.1, 0.15) is 5.82 Å². The number of hydrogen-bond acceptors (Lipinski definition) is 2. The number of hydrogen-bond donors (Lipinski definition) is 1. The van der Waals surface area contributed by atoms with Crippen LogP contribution in [0.2, 0.25) is 0 Å². The quantitative estimate of drug-likeness (QED) is 0.700. The highest BCUT2D eigenvalue weighted by atomic mass is 32.2. The molecule has 1 aromatic rings. The van der Waals surface area contributed by atoms with Crippen LogP contribution in [0.4, 0.5) is 4.39 Å². The normalized spacial score (nSPS) is 10.0. The van der Waals surface area contributed by atoms with E-state index < -0.39 is 0 Å². The van der Waals surface area contributed by atoms with E-state index in [1.807, 2.05) is 13.1 Å². The van der Waals surface area contributed by atoms with Crippen molar-refractivity contribution in [3.8, 4) is 0 Å². The lowest BCUT2D eigenvalue weighted by Crippen LogP contribution is -1.92. The fourth-order valence-corrected chi connectivity index (χ4v) is 1.27. The van der Waals surface area contributed by atoms with Gasteiger partial charge in [-0.25, -0.2) is 4.39 Å². The summed E-state index contributed by atoms with van der Waals surface area (Å²) >= 11 is 1.55. The van der Waals surface area contributed by atoms with Crippen LogP contribution in [0, 0.1) is 5.82 Å². The van der Waals surface area contributed by atoms with Crippen LogP contribution in [0.15, 0.2) is 24.3 Å². The highest BCUT2D eigenvalue weighted by Crippen LogP contribution is 2.09. The molecule has 0 amide bonds. The fraction of sp³-hybridized carbons (Fsp3) is 0.250. The number of benzene rings is 1. The predicted octanol–water partition coefficient (Wildman–Crippen LogP) is 2.19. The Morgan fingerprint density at radius 3 is 3.00 bits per heavy atom. The summed E-state index contributed by atoms with van der Waals surface area (Å²) in [5, 5.41) is 0. The third-order valence-electron chi connectivity index (χ3n) is 1.27. The Balaban J connectivity index is 2.56. The van der Waals surface area contributed by atoms with Crippen LogP contribution < -0.4 is 4.72 Å². The molecular weight excluding hydrogens is 161 g/mol. The van der Waals surface area contributed by atoms with Crippen LogP contribution >= 0.6 is 11.9 Å². The van der Waals surface area contributed by atoms with E-state index in [-0.39, 0.29) is 5.82 Å². The molecule has 0 aromatic heterocycles. The van der Waals surface area contributed by atoms with Gasteiger partial charge in [0, 0.05) is 5.75 Å². The molecule has 0 spiro atoms. The van der Waals surface area contributed by atoms with E-state index in [2.05, 4.69) is 4.72 Å². The zero-order valence-electron chi connectivity index (χ0n) is 6.30. The van der Waals surface area contributed by atoms with Crippen molar-refractivity contribution in [1.29, 1.82) is 0 Å². The first-order chi connectivity index (χ1) is 5.33. The minimum absolute atomic E-state index is 0.167.